The molecule has 0 aromatic heterocycles. The Morgan fingerprint density at radius 3 is 1.52 bits per heavy atom. The van der Waals surface area contributed by atoms with Crippen LogP contribution in [0.4, 0.5) is 4.79 Å². The molecule has 4 aromatic carbocycles. The Hall–Kier alpha value is -2.37. The fourth-order valence-corrected chi connectivity index (χ4v) is 10.8. The van der Waals surface area contributed by atoms with Crippen molar-refractivity contribution < 1.29 is 29.0 Å². The standard InChI is InChI=1S/C34H37NO2P2.Rh/c1-34(2,3)37-33(36)35-25-32(39(30-20-12-6-13-21-30)31-22-14-7-15-23-31)24-27(35)26-38(28-16-8-4-9-17-28)29-18-10-5-11-19-29;/h4-23,27,32H,24-26H2,1-3H3;/t27-,32-;/m1./s1. The van der Waals surface area contributed by atoms with Crippen LogP contribution >= 0.6 is 15.8 Å². The third kappa shape index (κ3) is 7.67. The van der Waals surface area contributed by atoms with Gasteiger partial charge in [0.15, 0.2) is 0 Å². The van der Waals surface area contributed by atoms with Crippen molar-refractivity contribution in [2.75, 3.05) is 12.7 Å². The molecule has 0 unspecified atom stereocenters. The molecule has 0 spiro atoms. The Balaban J connectivity index is 0.00000370. The van der Waals surface area contributed by atoms with Crippen LogP contribution in [0.1, 0.15) is 27.2 Å². The van der Waals surface area contributed by atoms with Crippen LogP contribution in [-0.2, 0) is 24.2 Å². The van der Waals surface area contributed by atoms with Crippen molar-refractivity contribution in [2.45, 2.75) is 44.5 Å². The zero-order valence-electron chi connectivity index (χ0n) is 23.3. The van der Waals surface area contributed by atoms with Gasteiger partial charge in [-0.25, -0.2) is 4.79 Å². The van der Waals surface area contributed by atoms with Gasteiger partial charge in [0.25, 0.3) is 0 Å². The van der Waals surface area contributed by atoms with Gasteiger partial charge in [-0.2, -0.15) is 0 Å². The van der Waals surface area contributed by atoms with E-state index in [9.17, 15) is 4.79 Å². The quantitative estimate of drug-likeness (QED) is 0.165. The summed E-state index contributed by atoms with van der Waals surface area (Å²) in [4.78, 5) is 15.7. The molecular formula is C34H37NO2P2Rh. The Kier molecular flexibility index (Phi) is 10.7. The molecule has 0 N–H and O–H groups in total. The summed E-state index contributed by atoms with van der Waals surface area (Å²) < 4.78 is 5.99. The van der Waals surface area contributed by atoms with Gasteiger partial charge in [0, 0.05) is 37.7 Å². The molecule has 1 aliphatic rings. The summed E-state index contributed by atoms with van der Waals surface area (Å²) in [5.74, 6) is 0. The van der Waals surface area contributed by atoms with Crippen molar-refractivity contribution in [2.24, 2.45) is 0 Å². The molecule has 40 heavy (non-hydrogen) atoms. The normalized spacial score (nSPS) is 17.1. The predicted molar refractivity (Wildman–Crippen MR) is 168 cm³/mol. The number of rotatable bonds is 7. The van der Waals surface area contributed by atoms with Crippen LogP contribution in [0.5, 0.6) is 0 Å². The number of carbonyl (C=O) groups is 1. The van der Waals surface area contributed by atoms with Gasteiger partial charge in [0.2, 0.25) is 0 Å². The maximum Gasteiger partial charge on any atom is 0.410 e. The van der Waals surface area contributed by atoms with Gasteiger partial charge in [-0.15, -0.1) is 0 Å². The van der Waals surface area contributed by atoms with E-state index < -0.39 is 21.4 Å². The first-order chi connectivity index (χ1) is 18.9. The Bertz CT molecular complexity index is 1260. The molecule has 1 fully saturated rings. The summed E-state index contributed by atoms with van der Waals surface area (Å²) >= 11 is 0. The Morgan fingerprint density at radius 2 is 1.12 bits per heavy atom. The fraction of sp³-hybridized carbons (Fsp3) is 0.265. The van der Waals surface area contributed by atoms with E-state index in [0.717, 1.165) is 12.6 Å². The van der Waals surface area contributed by atoms with Crippen molar-refractivity contribution in [3.05, 3.63) is 121 Å². The molecule has 0 aliphatic carbocycles. The van der Waals surface area contributed by atoms with Crippen molar-refractivity contribution in [1.82, 2.24) is 4.90 Å². The number of nitrogens with zero attached hydrogens (tertiary/aromatic N) is 1. The number of carbonyl (C=O) groups excluding carboxylic acids is 1. The molecule has 209 valence electrons. The van der Waals surface area contributed by atoms with Crippen molar-refractivity contribution in [3.63, 3.8) is 0 Å². The van der Waals surface area contributed by atoms with Crippen LogP contribution in [-0.4, -0.2) is 41.0 Å². The van der Waals surface area contributed by atoms with Crippen molar-refractivity contribution in [1.29, 1.82) is 0 Å². The molecule has 3 nitrogen and oxygen atoms in total. The number of ether oxygens (including phenoxy) is 1. The zero-order chi connectivity index (χ0) is 27.2. The van der Waals surface area contributed by atoms with E-state index in [0.29, 0.717) is 12.2 Å². The summed E-state index contributed by atoms with van der Waals surface area (Å²) in [7, 11) is -1.27. The first-order valence-electron chi connectivity index (χ1n) is 13.7. The number of likely N-dealkylation sites (tertiary alicyclic amines) is 1. The van der Waals surface area contributed by atoms with Crippen LogP contribution in [0.2, 0.25) is 0 Å². The van der Waals surface area contributed by atoms with Crippen LogP contribution in [0.15, 0.2) is 121 Å². The van der Waals surface area contributed by atoms with E-state index >= 15 is 0 Å². The molecule has 1 aliphatic heterocycles. The maximum absolute atomic E-state index is 13.7. The largest absolute Gasteiger partial charge is 0.444 e. The van der Waals surface area contributed by atoms with Gasteiger partial charge in [-0.3, -0.25) is 0 Å². The molecular weight excluding hydrogens is 619 g/mol. The molecule has 5 rings (SSSR count). The molecule has 1 heterocycles. The molecule has 1 radical (unpaired) electrons. The Labute approximate surface area is 254 Å². The SMILES string of the molecule is CC(C)(C)OC(=O)N1C[C@H](P(c2ccccc2)c2ccccc2)C[C@@H]1CP(c1ccccc1)c1ccccc1.[Rh]. The van der Waals surface area contributed by atoms with Gasteiger partial charge < -0.3 is 9.64 Å². The average Bonchev–Trinajstić information content (AvgIpc) is 3.36. The zero-order valence-corrected chi connectivity index (χ0v) is 26.7. The molecule has 1 amide bonds. The predicted octanol–water partition coefficient (Wildman–Crippen LogP) is 6.63. The minimum atomic E-state index is -0.639. The fourth-order valence-electron chi connectivity index (χ4n) is 5.33. The van der Waals surface area contributed by atoms with Gasteiger partial charge in [-0.1, -0.05) is 121 Å². The molecule has 4 aromatic rings. The first-order valence-corrected chi connectivity index (χ1v) is 16.6. The second-order valence-electron chi connectivity index (χ2n) is 11.0. The summed E-state index contributed by atoms with van der Waals surface area (Å²) in [6.07, 6.45) is 1.70. The number of hydrogen-bond donors (Lipinski definition) is 0. The third-order valence-electron chi connectivity index (χ3n) is 6.98. The van der Waals surface area contributed by atoms with E-state index in [4.69, 9.17) is 4.74 Å². The molecule has 0 bridgehead atoms. The van der Waals surface area contributed by atoms with Crippen molar-refractivity contribution >= 4 is 43.2 Å². The molecule has 6 heteroatoms. The average molecular weight is 657 g/mol. The minimum absolute atomic E-state index is 0. The summed E-state index contributed by atoms with van der Waals surface area (Å²) in [6, 6.07) is 43.4. The van der Waals surface area contributed by atoms with E-state index in [1.165, 1.54) is 21.2 Å². The van der Waals surface area contributed by atoms with Crippen LogP contribution < -0.4 is 21.2 Å². The van der Waals surface area contributed by atoms with E-state index in [1.54, 1.807) is 0 Å². The van der Waals surface area contributed by atoms with E-state index in [1.807, 2.05) is 20.8 Å². The molecule has 1 saturated heterocycles. The van der Waals surface area contributed by atoms with Gasteiger partial charge in [0.05, 0.1) is 0 Å². The minimum Gasteiger partial charge on any atom is -0.444 e. The van der Waals surface area contributed by atoms with E-state index in [2.05, 4.69) is 126 Å². The summed E-state index contributed by atoms with van der Waals surface area (Å²) in [5, 5.41) is 5.42. The van der Waals surface area contributed by atoms with Crippen molar-refractivity contribution in [3.8, 4) is 0 Å². The smallest absolute Gasteiger partial charge is 0.410 e. The first kappa shape index (κ1) is 30.6. The maximum atomic E-state index is 13.7. The molecule has 0 saturated carbocycles. The third-order valence-corrected chi connectivity index (χ3v) is 12.4. The monoisotopic (exact) mass is 656 g/mol. The summed E-state index contributed by atoms with van der Waals surface area (Å²) in [5.41, 5.74) is -0.182. The van der Waals surface area contributed by atoms with Gasteiger partial charge in [0.1, 0.15) is 5.60 Å². The second-order valence-corrected chi connectivity index (χ2v) is 15.8. The van der Waals surface area contributed by atoms with E-state index in [-0.39, 0.29) is 31.6 Å². The topological polar surface area (TPSA) is 29.5 Å². The summed E-state index contributed by atoms with van der Waals surface area (Å²) in [6.45, 7) is 6.57. The number of hydrogen-bond acceptors (Lipinski definition) is 2. The van der Waals surface area contributed by atoms with Gasteiger partial charge >= 0.3 is 6.09 Å². The van der Waals surface area contributed by atoms with Crippen LogP contribution in [0.3, 0.4) is 0 Å². The Morgan fingerprint density at radius 1 is 0.725 bits per heavy atom. The molecule has 2 atom stereocenters. The second kappa shape index (κ2) is 14.0. The number of amides is 1. The van der Waals surface area contributed by atoms with Crippen LogP contribution in [0, 0.1) is 0 Å². The number of benzene rings is 4. The van der Waals surface area contributed by atoms with Gasteiger partial charge in [-0.05, 0) is 70.4 Å². The van der Waals surface area contributed by atoms with Crippen LogP contribution in [0.25, 0.3) is 0 Å².